The largest absolute Gasteiger partial charge is 1.00 e. The van der Waals surface area contributed by atoms with Gasteiger partial charge in [-0.2, -0.15) is 0 Å². The van der Waals surface area contributed by atoms with Crippen molar-refractivity contribution in [2.24, 2.45) is 5.92 Å². The highest BCUT2D eigenvalue weighted by Crippen LogP contribution is 2.36. The Hall–Kier alpha value is -0.360. The molecule has 1 fully saturated rings. The SMILES string of the molecule is C[N+]1(C)CC2CC(C1)c1cccc(=O)n1C2.[I-]. The van der Waals surface area contributed by atoms with E-state index in [1.807, 2.05) is 10.6 Å². The van der Waals surface area contributed by atoms with Crippen LogP contribution in [0.4, 0.5) is 0 Å². The van der Waals surface area contributed by atoms with Crippen molar-refractivity contribution in [1.82, 2.24) is 4.57 Å². The lowest BCUT2D eigenvalue weighted by Gasteiger charge is -2.45. The highest BCUT2D eigenvalue weighted by Gasteiger charge is 2.39. The highest BCUT2D eigenvalue weighted by atomic mass is 127. The molecule has 0 N–H and O–H groups in total. The van der Waals surface area contributed by atoms with Crippen LogP contribution in [0.3, 0.4) is 0 Å². The lowest BCUT2D eigenvalue weighted by molar-refractivity contribution is -0.901. The minimum atomic E-state index is 0. The van der Waals surface area contributed by atoms with E-state index in [0.717, 1.165) is 11.0 Å². The molecule has 0 radical (unpaired) electrons. The second kappa shape index (κ2) is 4.39. The van der Waals surface area contributed by atoms with E-state index in [2.05, 4.69) is 20.2 Å². The van der Waals surface area contributed by atoms with Gasteiger partial charge in [0, 0.05) is 30.1 Å². The molecule has 1 saturated heterocycles. The third-order valence-electron chi connectivity index (χ3n) is 4.03. The summed E-state index contributed by atoms with van der Waals surface area (Å²) >= 11 is 0. The predicted octanol–water partition coefficient (Wildman–Crippen LogP) is -1.95. The number of likely N-dealkylation sites (N-methyl/N-ethyl adjacent to an activating group) is 1. The average Bonchev–Trinajstić information content (AvgIpc) is 2.17. The molecule has 0 aromatic carbocycles. The Morgan fingerprint density at radius 1 is 1.29 bits per heavy atom. The fourth-order valence-electron chi connectivity index (χ4n) is 3.61. The summed E-state index contributed by atoms with van der Waals surface area (Å²) in [6.07, 6.45) is 1.27. The van der Waals surface area contributed by atoms with Gasteiger partial charge in [-0.3, -0.25) is 4.79 Å². The number of piperidine rings is 1. The van der Waals surface area contributed by atoms with Gasteiger partial charge in [-0.05, 0) is 12.5 Å². The molecule has 1 aromatic heterocycles. The first-order valence-electron chi connectivity index (χ1n) is 6.07. The summed E-state index contributed by atoms with van der Waals surface area (Å²) < 4.78 is 3.09. The van der Waals surface area contributed by atoms with Crippen molar-refractivity contribution in [3.05, 3.63) is 34.2 Å². The topological polar surface area (TPSA) is 22.0 Å². The molecule has 2 aliphatic heterocycles. The molecule has 0 aliphatic carbocycles. The van der Waals surface area contributed by atoms with Gasteiger partial charge in [0.05, 0.1) is 27.2 Å². The normalized spacial score (nSPS) is 29.1. The summed E-state index contributed by atoms with van der Waals surface area (Å²) in [5.41, 5.74) is 1.44. The van der Waals surface area contributed by atoms with Crippen molar-refractivity contribution < 1.29 is 28.5 Å². The van der Waals surface area contributed by atoms with Crippen LogP contribution in [0.15, 0.2) is 23.0 Å². The maximum Gasteiger partial charge on any atom is 0.250 e. The number of likely N-dealkylation sites (tertiary alicyclic amines) is 1. The van der Waals surface area contributed by atoms with Gasteiger partial charge in [0.15, 0.2) is 0 Å². The summed E-state index contributed by atoms with van der Waals surface area (Å²) in [6, 6.07) is 5.72. The number of pyridine rings is 1. The zero-order valence-corrected chi connectivity index (χ0v) is 12.6. The van der Waals surface area contributed by atoms with E-state index in [1.165, 1.54) is 25.2 Å². The zero-order valence-electron chi connectivity index (χ0n) is 10.4. The van der Waals surface area contributed by atoms with Gasteiger partial charge in [0.2, 0.25) is 0 Å². The zero-order chi connectivity index (χ0) is 11.3. The summed E-state index contributed by atoms with van der Waals surface area (Å²) in [4.78, 5) is 11.8. The maximum atomic E-state index is 11.8. The lowest BCUT2D eigenvalue weighted by Crippen LogP contribution is -3.00. The third kappa shape index (κ3) is 2.29. The van der Waals surface area contributed by atoms with Crippen LogP contribution in [0.1, 0.15) is 18.0 Å². The van der Waals surface area contributed by atoms with Gasteiger partial charge in [-0.1, -0.05) is 6.07 Å². The molecule has 2 aliphatic rings. The van der Waals surface area contributed by atoms with Crippen LogP contribution in [0.5, 0.6) is 0 Å². The molecule has 17 heavy (non-hydrogen) atoms. The second-order valence-corrected chi connectivity index (χ2v) is 6.00. The maximum absolute atomic E-state index is 11.8. The van der Waals surface area contributed by atoms with Gasteiger partial charge in [-0.15, -0.1) is 0 Å². The van der Waals surface area contributed by atoms with Crippen LogP contribution in [-0.4, -0.2) is 36.2 Å². The molecule has 3 rings (SSSR count). The van der Waals surface area contributed by atoms with Crippen LogP contribution < -0.4 is 29.5 Å². The smallest absolute Gasteiger partial charge is 0.250 e. The number of hydrogen-bond acceptors (Lipinski definition) is 1. The molecule has 0 spiro atoms. The molecule has 4 heteroatoms. The number of fused-ring (bicyclic) bond motifs is 4. The number of aromatic nitrogens is 1. The van der Waals surface area contributed by atoms with Gasteiger partial charge >= 0.3 is 0 Å². The van der Waals surface area contributed by atoms with Crippen molar-refractivity contribution >= 4 is 0 Å². The minimum absolute atomic E-state index is 0. The van der Waals surface area contributed by atoms with Gasteiger partial charge in [0.1, 0.15) is 0 Å². The summed E-state index contributed by atoms with van der Waals surface area (Å²) in [5, 5.41) is 0. The minimum Gasteiger partial charge on any atom is -1.00 e. The quantitative estimate of drug-likeness (QED) is 0.395. The molecular formula is C13H19IN2O. The molecule has 1 aromatic rings. The Morgan fingerprint density at radius 2 is 2.06 bits per heavy atom. The van der Waals surface area contributed by atoms with Gasteiger partial charge in [-0.25, -0.2) is 0 Å². The number of rotatable bonds is 0. The number of nitrogens with zero attached hydrogens (tertiary/aromatic N) is 2. The van der Waals surface area contributed by atoms with Crippen LogP contribution in [-0.2, 0) is 6.54 Å². The second-order valence-electron chi connectivity index (χ2n) is 6.00. The van der Waals surface area contributed by atoms with Crippen molar-refractivity contribution in [2.45, 2.75) is 18.9 Å². The van der Waals surface area contributed by atoms with E-state index >= 15 is 0 Å². The van der Waals surface area contributed by atoms with E-state index < -0.39 is 0 Å². The van der Waals surface area contributed by atoms with Crippen molar-refractivity contribution in [1.29, 1.82) is 0 Å². The Bertz CT molecular complexity index is 481. The van der Waals surface area contributed by atoms with Crippen molar-refractivity contribution in [3.8, 4) is 0 Å². The van der Waals surface area contributed by atoms with E-state index in [-0.39, 0.29) is 29.5 Å². The number of halogens is 1. The molecule has 2 unspecified atom stereocenters. The fourth-order valence-corrected chi connectivity index (χ4v) is 3.61. The fraction of sp³-hybridized carbons (Fsp3) is 0.615. The average molecular weight is 346 g/mol. The number of quaternary nitrogens is 1. The molecular weight excluding hydrogens is 327 g/mol. The molecule has 94 valence electrons. The first-order chi connectivity index (χ1) is 7.55. The molecule has 3 heterocycles. The number of hydrogen-bond donors (Lipinski definition) is 0. The lowest BCUT2D eigenvalue weighted by atomic mass is 9.82. The predicted molar refractivity (Wildman–Crippen MR) is 63.4 cm³/mol. The third-order valence-corrected chi connectivity index (χ3v) is 4.03. The van der Waals surface area contributed by atoms with Crippen LogP contribution in [0.2, 0.25) is 0 Å². The van der Waals surface area contributed by atoms with Crippen molar-refractivity contribution in [2.75, 3.05) is 27.2 Å². The Morgan fingerprint density at radius 3 is 2.82 bits per heavy atom. The monoisotopic (exact) mass is 346 g/mol. The molecule has 2 bridgehead atoms. The van der Waals surface area contributed by atoms with Crippen LogP contribution in [0, 0.1) is 5.92 Å². The first kappa shape index (κ1) is 13.1. The van der Waals surface area contributed by atoms with Crippen LogP contribution in [0.25, 0.3) is 0 Å². The van der Waals surface area contributed by atoms with E-state index in [1.54, 1.807) is 6.07 Å². The first-order valence-corrected chi connectivity index (χ1v) is 6.07. The van der Waals surface area contributed by atoms with E-state index in [0.29, 0.717) is 11.8 Å². The summed E-state index contributed by atoms with van der Waals surface area (Å²) in [6.45, 7) is 3.30. The molecule has 3 nitrogen and oxygen atoms in total. The molecule has 0 amide bonds. The van der Waals surface area contributed by atoms with Gasteiger partial charge < -0.3 is 33.0 Å². The van der Waals surface area contributed by atoms with Crippen LogP contribution >= 0.6 is 0 Å². The highest BCUT2D eigenvalue weighted by molar-refractivity contribution is 5.15. The Balaban J connectivity index is 0.00000108. The molecule has 0 saturated carbocycles. The summed E-state index contributed by atoms with van der Waals surface area (Å²) in [7, 11) is 4.60. The van der Waals surface area contributed by atoms with Gasteiger partial charge in [0.25, 0.3) is 5.56 Å². The molecule has 2 atom stereocenters. The van der Waals surface area contributed by atoms with Crippen molar-refractivity contribution in [3.63, 3.8) is 0 Å². The summed E-state index contributed by atoms with van der Waals surface area (Å²) in [5.74, 6) is 1.26. The van der Waals surface area contributed by atoms with E-state index in [9.17, 15) is 4.79 Å². The Labute approximate surface area is 119 Å². The Kier molecular flexibility index (Phi) is 3.38. The van der Waals surface area contributed by atoms with E-state index in [4.69, 9.17) is 0 Å². The standard InChI is InChI=1S/C13H19N2O.HI/c1-15(2)8-10-6-11(9-15)12-4-3-5-13(16)14(12)7-10;/h3-5,10-11H,6-9H2,1-2H3;1H/q+1;/p-1.